The molecule has 0 heterocycles. The maximum absolute atomic E-state index is 13.0. The molecule has 0 radical (unpaired) electrons. The van der Waals surface area contributed by atoms with Crippen LogP contribution >= 0.6 is 15.6 Å². The summed E-state index contributed by atoms with van der Waals surface area (Å²) in [5, 5.41) is 10.6. The fraction of sp³-hybridized carbons (Fsp3) is 0.944. The molecule has 0 aliphatic heterocycles. The first-order valence-electron chi connectivity index (χ1n) is 37.2. The second-order valence-corrected chi connectivity index (χ2v) is 30.6. The summed E-state index contributed by atoms with van der Waals surface area (Å²) in [6, 6.07) is 0. The third-order valence-corrected chi connectivity index (χ3v) is 18.8. The fourth-order valence-electron chi connectivity index (χ4n) is 10.8. The predicted octanol–water partition coefficient (Wildman–Crippen LogP) is 20.5. The monoisotopic (exact) mass is 1340 g/mol. The van der Waals surface area contributed by atoms with Crippen LogP contribution in [0, 0.1) is 23.7 Å². The Morgan fingerprint density at radius 3 is 0.780 bits per heavy atom. The van der Waals surface area contributed by atoms with Gasteiger partial charge in [0.2, 0.25) is 0 Å². The van der Waals surface area contributed by atoms with Crippen LogP contribution < -0.4 is 0 Å². The molecule has 0 fully saturated rings. The second-order valence-electron chi connectivity index (χ2n) is 27.6. The maximum atomic E-state index is 13.0. The third-order valence-electron chi connectivity index (χ3n) is 16.9. The average Bonchev–Trinajstić information content (AvgIpc) is 3.60. The van der Waals surface area contributed by atoms with Crippen molar-refractivity contribution in [3.05, 3.63) is 0 Å². The van der Waals surface area contributed by atoms with E-state index in [0.717, 1.165) is 115 Å². The van der Waals surface area contributed by atoms with Crippen LogP contribution in [0.5, 0.6) is 0 Å². The third kappa shape index (κ3) is 65.1. The summed E-state index contributed by atoms with van der Waals surface area (Å²) in [6.45, 7) is 14.1. The van der Waals surface area contributed by atoms with Gasteiger partial charge < -0.3 is 33.8 Å². The van der Waals surface area contributed by atoms with Gasteiger partial charge in [0.25, 0.3) is 0 Å². The normalized spacial score (nSPS) is 14.5. The zero-order valence-corrected chi connectivity index (χ0v) is 61.3. The summed E-state index contributed by atoms with van der Waals surface area (Å²) in [7, 11) is -9.90. The van der Waals surface area contributed by atoms with E-state index in [9.17, 15) is 43.2 Å². The molecule has 19 heteroatoms. The van der Waals surface area contributed by atoms with Crippen LogP contribution in [-0.4, -0.2) is 96.7 Å². The number of unbranched alkanes of at least 4 members (excludes halogenated alkanes) is 34. The van der Waals surface area contributed by atoms with Gasteiger partial charge in [-0.3, -0.25) is 37.3 Å². The van der Waals surface area contributed by atoms with Gasteiger partial charge in [0, 0.05) is 25.7 Å². The van der Waals surface area contributed by atoms with E-state index < -0.39 is 97.5 Å². The summed E-state index contributed by atoms with van der Waals surface area (Å²) in [4.78, 5) is 72.6. The van der Waals surface area contributed by atoms with E-state index in [1.54, 1.807) is 0 Å². The SMILES string of the molecule is CCC(C)CCCCCCCCCCCCC(=O)O[C@H](COC(=O)CCCCCCCCCC(C)C)COP(=O)(O)OCC(O)COP(=O)(O)OC[C@@H](COC(=O)CCCCCCCCC(C)C)OC(=O)CCCCCCCCCCCCCCCCCC(C)C. The van der Waals surface area contributed by atoms with Crippen LogP contribution in [0.2, 0.25) is 0 Å². The van der Waals surface area contributed by atoms with Crippen LogP contribution in [0.15, 0.2) is 0 Å². The van der Waals surface area contributed by atoms with E-state index in [0.29, 0.717) is 37.5 Å². The van der Waals surface area contributed by atoms with Gasteiger partial charge in [-0.05, 0) is 49.4 Å². The first kappa shape index (κ1) is 89.1. The van der Waals surface area contributed by atoms with Gasteiger partial charge >= 0.3 is 39.5 Å². The fourth-order valence-corrected chi connectivity index (χ4v) is 12.4. The van der Waals surface area contributed by atoms with E-state index in [-0.39, 0.29) is 25.7 Å². The molecule has 3 N–H and O–H groups in total. The van der Waals surface area contributed by atoms with Crippen molar-refractivity contribution in [3.8, 4) is 0 Å². The van der Waals surface area contributed by atoms with Crippen molar-refractivity contribution >= 4 is 39.5 Å². The van der Waals surface area contributed by atoms with Crippen LogP contribution in [0.4, 0.5) is 0 Å². The molecular weight excluding hydrogens is 1200 g/mol. The number of hydrogen-bond acceptors (Lipinski definition) is 15. The highest BCUT2D eigenvalue weighted by Gasteiger charge is 2.30. The second kappa shape index (κ2) is 61.6. The Labute approximate surface area is 556 Å². The molecule has 0 saturated heterocycles. The first-order chi connectivity index (χ1) is 43.6. The average molecular weight is 1340 g/mol. The molecule has 17 nitrogen and oxygen atoms in total. The largest absolute Gasteiger partial charge is 0.472 e. The van der Waals surface area contributed by atoms with Crippen LogP contribution in [0.1, 0.15) is 357 Å². The van der Waals surface area contributed by atoms with Crippen molar-refractivity contribution in [2.24, 2.45) is 23.7 Å². The molecule has 0 aromatic carbocycles. The van der Waals surface area contributed by atoms with Crippen LogP contribution in [-0.2, 0) is 65.4 Å². The van der Waals surface area contributed by atoms with E-state index in [1.165, 1.54) is 148 Å². The highest BCUT2D eigenvalue weighted by atomic mass is 31.2. The quantitative estimate of drug-likeness (QED) is 0.0222. The first-order valence-corrected chi connectivity index (χ1v) is 40.2. The minimum Gasteiger partial charge on any atom is -0.462 e. The molecule has 0 aliphatic rings. The van der Waals surface area contributed by atoms with Gasteiger partial charge in [0.1, 0.15) is 19.3 Å². The Morgan fingerprint density at radius 1 is 0.308 bits per heavy atom. The van der Waals surface area contributed by atoms with Crippen molar-refractivity contribution in [2.45, 2.75) is 375 Å². The van der Waals surface area contributed by atoms with Crippen LogP contribution in [0.3, 0.4) is 0 Å². The highest BCUT2D eigenvalue weighted by molar-refractivity contribution is 7.47. The molecular formula is C72H140O17P2. The number of esters is 4. The molecule has 0 bridgehead atoms. The summed E-state index contributed by atoms with van der Waals surface area (Å²) >= 11 is 0. The summed E-state index contributed by atoms with van der Waals surface area (Å²) < 4.78 is 68.3. The molecule has 6 atom stereocenters. The summed E-state index contributed by atoms with van der Waals surface area (Å²) in [5.41, 5.74) is 0. The van der Waals surface area contributed by atoms with Gasteiger partial charge in [-0.2, -0.15) is 0 Å². The van der Waals surface area contributed by atoms with Crippen molar-refractivity contribution < 1.29 is 80.2 Å². The predicted molar refractivity (Wildman–Crippen MR) is 367 cm³/mol. The smallest absolute Gasteiger partial charge is 0.462 e. The molecule has 0 aromatic rings. The van der Waals surface area contributed by atoms with E-state index in [1.807, 2.05) is 0 Å². The zero-order chi connectivity index (χ0) is 67.5. The molecule has 0 aliphatic carbocycles. The topological polar surface area (TPSA) is 237 Å². The lowest BCUT2D eigenvalue weighted by molar-refractivity contribution is -0.161. The van der Waals surface area contributed by atoms with E-state index in [2.05, 4.69) is 55.4 Å². The zero-order valence-electron chi connectivity index (χ0n) is 59.5. The number of hydrogen-bond donors (Lipinski definition) is 3. The van der Waals surface area contributed by atoms with Gasteiger partial charge in [0.15, 0.2) is 12.2 Å². The minimum absolute atomic E-state index is 0.105. The summed E-state index contributed by atoms with van der Waals surface area (Å²) in [6.07, 6.45) is 44.6. The van der Waals surface area contributed by atoms with Crippen molar-refractivity contribution in [1.29, 1.82) is 0 Å². The minimum atomic E-state index is -4.95. The Kier molecular flexibility index (Phi) is 60.3. The van der Waals surface area contributed by atoms with E-state index in [4.69, 9.17) is 37.0 Å². The highest BCUT2D eigenvalue weighted by Crippen LogP contribution is 2.45. The van der Waals surface area contributed by atoms with Crippen molar-refractivity contribution in [1.82, 2.24) is 0 Å². The van der Waals surface area contributed by atoms with Crippen LogP contribution in [0.25, 0.3) is 0 Å². The maximum Gasteiger partial charge on any atom is 0.472 e. The number of carbonyl (C=O) groups is 4. The summed E-state index contributed by atoms with van der Waals surface area (Å²) in [5.74, 6) is 0.861. The number of rotatable bonds is 69. The van der Waals surface area contributed by atoms with Crippen molar-refractivity contribution in [3.63, 3.8) is 0 Å². The molecule has 0 saturated carbocycles. The number of aliphatic hydroxyl groups excluding tert-OH is 1. The Hall–Kier alpha value is -1.94. The van der Waals surface area contributed by atoms with Crippen molar-refractivity contribution in [2.75, 3.05) is 39.6 Å². The lowest BCUT2D eigenvalue weighted by Gasteiger charge is -2.21. The molecule has 0 amide bonds. The van der Waals surface area contributed by atoms with Gasteiger partial charge in [0.05, 0.1) is 26.4 Å². The Bertz CT molecular complexity index is 1800. The van der Waals surface area contributed by atoms with Gasteiger partial charge in [-0.25, -0.2) is 9.13 Å². The Balaban J connectivity index is 5.21. The lowest BCUT2D eigenvalue weighted by atomic mass is 9.99. The number of aliphatic hydroxyl groups is 1. The standard InChI is InChI=1S/C72H140O17P2/c1-9-65(8)51-43-35-26-20-17-18-22-28-39-47-55-72(77)88-67(58-82-69(74)52-44-36-29-23-25-33-41-49-63(4)5)60-86-90(78,79)84-56-66(73)57-85-91(80,81)87-61-68(59-83-70(75)53-45-37-31-30-34-42-50-64(6)7)89-71(76)54-46-38-27-21-16-14-12-10-11-13-15-19-24-32-40-48-62(2)3/h62-68,73H,9-61H2,1-8H3,(H,78,79)(H,80,81)/t65?,66?,67-,68-/m1/s1. The molecule has 0 spiro atoms. The number of phosphoric acid groups is 2. The number of ether oxygens (including phenoxy) is 4. The Morgan fingerprint density at radius 2 is 0.527 bits per heavy atom. The van der Waals surface area contributed by atoms with Gasteiger partial charge in [-0.1, -0.05) is 306 Å². The molecule has 91 heavy (non-hydrogen) atoms. The molecule has 0 aromatic heterocycles. The number of phosphoric ester groups is 2. The molecule has 540 valence electrons. The lowest BCUT2D eigenvalue weighted by Crippen LogP contribution is -2.30. The number of carbonyl (C=O) groups excluding carboxylic acids is 4. The molecule has 0 rings (SSSR count). The van der Waals surface area contributed by atoms with E-state index >= 15 is 0 Å². The van der Waals surface area contributed by atoms with Gasteiger partial charge in [-0.15, -0.1) is 0 Å². The molecule has 4 unspecified atom stereocenters.